The number of piperazine rings is 1. The zero-order valence-corrected chi connectivity index (χ0v) is 18.0. The largest absolute Gasteiger partial charge is 0.365 e. The summed E-state index contributed by atoms with van der Waals surface area (Å²) in [5.74, 6) is -0.124. The van der Waals surface area contributed by atoms with Crippen molar-refractivity contribution in [2.24, 2.45) is 0 Å². The number of ether oxygens (including phenoxy) is 1. The van der Waals surface area contributed by atoms with Gasteiger partial charge in [-0.1, -0.05) is 41.1 Å². The van der Waals surface area contributed by atoms with Crippen molar-refractivity contribution in [2.75, 3.05) is 26.2 Å². The maximum Gasteiger partial charge on any atom is 0.276 e. The molecule has 2 aliphatic rings. The van der Waals surface area contributed by atoms with Crippen LogP contribution in [0.2, 0.25) is 0 Å². The second-order valence-corrected chi connectivity index (χ2v) is 8.79. The number of aryl methyl sites for hydroxylation is 1. The molecule has 2 amide bonds. The van der Waals surface area contributed by atoms with Crippen LogP contribution in [0.5, 0.6) is 0 Å². The van der Waals surface area contributed by atoms with Gasteiger partial charge in [-0.3, -0.25) is 9.59 Å². The molecule has 0 aliphatic carbocycles. The standard InChI is InChI=1S/C22H23N5O3S/c1-15-4-6-16(7-5-15)18-13-27-17(14-30-18)20(23-24-27)22(29)26-10-8-25(9-11-26)21(28)19-3-2-12-31-19/h2-7,12,18H,8-11,13-14H2,1H3/t18-/m0/s1. The summed E-state index contributed by atoms with van der Waals surface area (Å²) in [6, 6.07) is 12.0. The van der Waals surface area contributed by atoms with Crippen molar-refractivity contribution in [1.29, 1.82) is 0 Å². The van der Waals surface area contributed by atoms with Gasteiger partial charge >= 0.3 is 0 Å². The minimum Gasteiger partial charge on any atom is -0.365 e. The molecule has 0 N–H and O–H groups in total. The Morgan fingerprint density at radius 1 is 1.03 bits per heavy atom. The molecule has 0 unspecified atom stereocenters. The molecule has 1 saturated heterocycles. The SMILES string of the molecule is Cc1ccc([C@@H]2Cn3nnc(C(=O)N4CCN(C(=O)c5cccs5)CC4)c3CO2)cc1. The van der Waals surface area contributed by atoms with Gasteiger partial charge < -0.3 is 14.5 Å². The molecule has 1 atom stereocenters. The van der Waals surface area contributed by atoms with Crippen molar-refractivity contribution in [3.8, 4) is 0 Å². The van der Waals surface area contributed by atoms with E-state index in [-0.39, 0.29) is 17.9 Å². The smallest absolute Gasteiger partial charge is 0.276 e. The van der Waals surface area contributed by atoms with Gasteiger partial charge in [0.1, 0.15) is 6.10 Å². The molecule has 1 aromatic carbocycles. The molecule has 0 saturated carbocycles. The van der Waals surface area contributed by atoms with Crippen molar-refractivity contribution >= 4 is 23.2 Å². The van der Waals surface area contributed by atoms with Gasteiger partial charge in [0.05, 0.1) is 23.7 Å². The molecule has 1 fully saturated rings. The lowest BCUT2D eigenvalue weighted by Crippen LogP contribution is -2.50. The zero-order valence-electron chi connectivity index (χ0n) is 17.2. The van der Waals surface area contributed by atoms with Crippen molar-refractivity contribution < 1.29 is 14.3 Å². The van der Waals surface area contributed by atoms with Crippen LogP contribution in [0, 0.1) is 6.92 Å². The van der Waals surface area contributed by atoms with E-state index in [4.69, 9.17) is 4.74 Å². The van der Waals surface area contributed by atoms with E-state index in [1.807, 2.05) is 17.5 Å². The Labute approximate surface area is 184 Å². The van der Waals surface area contributed by atoms with Crippen LogP contribution in [0.25, 0.3) is 0 Å². The molecule has 0 bridgehead atoms. The number of aromatic nitrogens is 3. The number of benzene rings is 1. The Balaban J connectivity index is 1.24. The first-order chi connectivity index (χ1) is 15.1. The van der Waals surface area contributed by atoms with Crippen LogP contribution in [0.4, 0.5) is 0 Å². The average molecular weight is 438 g/mol. The molecular formula is C22H23N5O3S. The molecule has 8 nitrogen and oxygen atoms in total. The average Bonchev–Trinajstić information content (AvgIpc) is 3.49. The highest BCUT2D eigenvalue weighted by Gasteiger charge is 2.32. The molecule has 5 rings (SSSR count). The number of carbonyl (C=O) groups is 2. The van der Waals surface area contributed by atoms with Gasteiger partial charge in [-0.15, -0.1) is 16.4 Å². The number of hydrogen-bond acceptors (Lipinski definition) is 6. The Kier molecular flexibility index (Phi) is 5.29. The monoisotopic (exact) mass is 437 g/mol. The summed E-state index contributed by atoms with van der Waals surface area (Å²) in [4.78, 5) is 29.9. The molecule has 2 aromatic heterocycles. The normalized spacial score (nSPS) is 18.7. The lowest BCUT2D eigenvalue weighted by atomic mass is 10.1. The van der Waals surface area contributed by atoms with Crippen LogP contribution in [0.3, 0.4) is 0 Å². The number of hydrogen-bond donors (Lipinski definition) is 0. The van der Waals surface area contributed by atoms with E-state index in [1.54, 1.807) is 14.5 Å². The summed E-state index contributed by atoms with van der Waals surface area (Å²) in [7, 11) is 0. The van der Waals surface area contributed by atoms with Crippen LogP contribution >= 0.6 is 11.3 Å². The summed E-state index contributed by atoms with van der Waals surface area (Å²) >= 11 is 1.44. The van der Waals surface area contributed by atoms with Crippen molar-refractivity contribution in [2.45, 2.75) is 26.2 Å². The molecule has 31 heavy (non-hydrogen) atoms. The van der Waals surface area contributed by atoms with Gasteiger partial charge in [-0.25, -0.2) is 4.68 Å². The molecule has 0 spiro atoms. The Morgan fingerprint density at radius 3 is 2.42 bits per heavy atom. The first kappa shape index (κ1) is 19.9. The molecule has 9 heteroatoms. The minimum absolute atomic E-state index is 0.0266. The molecule has 160 valence electrons. The Morgan fingerprint density at radius 2 is 1.74 bits per heavy atom. The second kappa shape index (κ2) is 8.24. The highest BCUT2D eigenvalue weighted by molar-refractivity contribution is 7.12. The number of amides is 2. The lowest BCUT2D eigenvalue weighted by Gasteiger charge is -2.34. The maximum atomic E-state index is 13.1. The van der Waals surface area contributed by atoms with Gasteiger partial charge in [0, 0.05) is 26.2 Å². The zero-order chi connectivity index (χ0) is 21.4. The van der Waals surface area contributed by atoms with E-state index in [1.165, 1.54) is 16.9 Å². The third kappa shape index (κ3) is 3.86. The van der Waals surface area contributed by atoms with Gasteiger partial charge in [0.15, 0.2) is 5.69 Å². The van der Waals surface area contributed by atoms with E-state index in [2.05, 4.69) is 41.5 Å². The number of nitrogens with zero attached hydrogens (tertiary/aromatic N) is 5. The van der Waals surface area contributed by atoms with Crippen LogP contribution in [-0.2, 0) is 17.9 Å². The summed E-state index contributed by atoms with van der Waals surface area (Å²) in [5.41, 5.74) is 3.35. The van der Waals surface area contributed by atoms with Crippen LogP contribution in [-0.4, -0.2) is 62.8 Å². The lowest BCUT2D eigenvalue weighted by molar-refractivity contribution is -0.00203. The molecular weight excluding hydrogens is 414 g/mol. The van der Waals surface area contributed by atoms with Crippen molar-refractivity contribution in [3.05, 3.63) is 69.2 Å². The minimum atomic E-state index is -0.151. The maximum absolute atomic E-state index is 13.1. The van der Waals surface area contributed by atoms with E-state index in [0.29, 0.717) is 50.7 Å². The topological polar surface area (TPSA) is 80.6 Å². The molecule has 2 aliphatic heterocycles. The number of fused-ring (bicyclic) bond motifs is 1. The first-order valence-corrected chi connectivity index (χ1v) is 11.2. The van der Waals surface area contributed by atoms with Crippen molar-refractivity contribution in [1.82, 2.24) is 24.8 Å². The van der Waals surface area contributed by atoms with Crippen LogP contribution in [0.1, 0.15) is 43.1 Å². The molecule has 4 heterocycles. The van der Waals surface area contributed by atoms with Gasteiger partial charge in [-0.05, 0) is 23.9 Å². The number of thiophene rings is 1. The molecule has 3 aromatic rings. The summed E-state index contributed by atoms with van der Waals surface area (Å²) < 4.78 is 7.81. The Bertz CT molecular complexity index is 1090. The van der Waals surface area contributed by atoms with Crippen LogP contribution < -0.4 is 0 Å². The number of carbonyl (C=O) groups excluding carboxylic acids is 2. The van der Waals surface area contributed by atoms with Gasteiger partial charge in [0.2, 0.25) is 0 Å². The summed E-state index contributed by atoms with van der Waals surface area (Å²) in [6.07, 6.45) is -0.107. The van der Waals surface area contributed by atoms with E-state index >= 15 is 0 Å². The highest BCUT2D eigenvalue weighted by atomic mass is 32.1. The van der Waals surface area contributed by atoms with E-state index in [9.17, 15) is 9.59 Å². The van der Waals surface area contributed by atoms with Gasteiger partial charge in [-0.2, -0.15) is 0 Å². The second-order valence-electron chi connectivity index (χ2n) is 7.84. The highest BCUT2D eigenvalue weighted by Crippen LogP contribution is 2.27. The Hall–Kier alpha value is -3.04. The predicted octanol–water partition coefficient (Wildman–Crippen LogP) is 2.52. The number of rotatable bonds is 3. The fourth-order valence-corrected chi connectivity index (χ4v) is 4.67. The fraction of sp³-hybridized carbons (Fsp3) is 0.364. The third-order valence-electron chi connectivity index (χ3n) is 5.84. The van der Waals surface area contributed by atoms with E-state index in [0.717, 1.165) is 10.4 Å². The molecule has 0 radical (unpaired) electrons. The quantitative estimate of drug-likeness (QED) is 0.629. The first-order valence-electron chi connectivity index (χ1n) is 10.3. The summed E-state index contributed by atoms with van der Waals surface area (Å²) in [6.45, 7) is 4.86. The predicted molar refractivity (Wildman–Crippen MR) is 115 cm³/mol. The van der Waals surface area contributed by atoms with Gasteiger partial charge in [0.25, 0.3) is 11.8 Å². The van der Waals surface area contributed by atoms with Crippen LogP contribution in [0.15, 0.2) is 41.8 Å². The fourth-order valence-electron chi connectivity index (χ4n) is 3.98. The van der Waals surface area contributed by atoms with E-state index < -0.39 is 0 Å². The summed E-state index contributed by atoms with van der Waals surface area (Å²) in [5, 5.41) is 10.3. The van der Waals surface area contributed by atoms with Crippen molar-refractivity contribution in [3.63, 3.8) is 0 Å². The third-order valence-corrected chi connectivity index (χ3v) is 6.69.